The van der Waals surface area contributed by atoms with Crippen molar-refractivity contribution in [2.24, 2.45) is 4.99 Å². The molecule has 1 aromatic carbocycles. The summed E-state index contributed by atoms with van der Waals surface area (Å²) in [4.78, 5) is 6.72. The molecule has 1 aromatic heterocycles. The first-order valence-electron chi connectivity index (χ1n) is 6.77. The van der Waals surface area contributed by atoms with Gasteiger partial charge in [0, 0.05) is 19.2 Å². The van der Waals surface area contributed by atoms with E-state index in [0.29, 0.717) is 0 Å². The normalized spacial score (nSPS) is 15.5. The Hall–Kier alpha value is -2.03. The van der Waals surface area contributed by atoms with Gasteiger partial charge < -0.3 is 9.32 Å². The summed E-state index contributed by atoms with van der Waals surface area (Å²) < 4.78 is 5.80. The molecule has 2 aromatic rings. The van der Waals surface area contributed by atoms with Crippen molar-refractivity contribution < 1.29 is 4.42 Å². The minimum atomic E-state index is 0.809. The van der Waals surface area contributed by atoms with E-state index in [1.807, 2.05) is 24.3 Å². The van der Waals surface area contributed by atoms with Crippen LogP contribution in [0.15, 0.2) is 45.8 Å². The maximum absolute atomic E-state index is 5.80. The molecular weight excluding hydrogens is 236 g/mol. The van der Waals surface area contributed by atoms with Crippen LogP contribution in [0, 0.1) is 6.92 Å². The second-order valence-corrected chi connectivity index (χ2v) is 4.97. The van der Waals surface area contributed by atoms with Crippen molar-refractivity contribution in [3.05, 3.63) is 47.7 Å². The first kappa shape index (κ1) is 12.0. The Morgan fingerprint density at radius 2 is 2.00 bits per heavy atom. The van der Waals surface area contributed by atoms with E-state index in [-0.39, 0.29) is 0 Å². The van der Waals surface area contributed by atoms with E-state index >= 15 is 0 Å². The fraction of sp³-hybridized carbons (Fsp3) is 0.312. The zero-order chi connectivity index (χ0) is 13.1. The van der Waals surface area contributed by atoms with Gasteiger partial charge in [-0.05, 0) is 43.5 Å². The van der Waals surface area contributed by atoms with E-state index in [9.17, 15) is 0 Å². The lowest BCUT2D eigenvalue weighted by molar-refractivity contribution is 0.550. The molecule has 0 aliphatic carbocycles. The van der Waals surface area contributed by atoms with Crippen molar-refractivity contribution in [3.63, 3.8) is 0 Å². The largest absolute Gasteiger partial charge is 0.440 e. The predicted octanol–water partition coefficient (Wildman–Crippen LogP) is 3.94. The molecule has 1 fully saturated rings. The number of aryl methyl sites for hydroxylation is 1. The molecule has 0 amide bonds. The summed E-state index contributed by atoms with van der Waals surface area (Å²) in [6.45, 7) is 4.27. The maximum atomic E-state index is 5.80. The topological polar surface area (TPSA) is 28.7 Å². The molecule has 0 radical (unpaired) electrons. The zero-order valence-corrected chi connectivity index (χ0v) is 11.2. The summed E-state index contributed by atoms with van der Waals surface area (Å²) in [6, 6.07) is 12.1. The lowest BCUT2D eigenvalue weighted by Crippen LogP contribution is -2.16. The summed E-state index contributed by atoms with van der Waals surface area (Å²) in [6.07, 6.45) is 4.30. The van der Waals surface area contributed by atoms with Gasteiger partial charge in [-0.1, -0.05) is 12.1 Å². The molecule has 0 saturated carbocycles. The van der Waals surface area contributed by atoms with Gasteiger partial charge in [0.25, 0.3) is 0 Å². The van der Waals surface area contributed by atoms with Crippen molar-refractivity contribution in [2.45, 2.75) is 19.8 Å². The number of aliphatic imine (C=N–C) groups is 1. The number of anilines is 1. The van der Waals surface area contributed by atoms with Gasteiger partial charge >= 0.3 is 0 Å². The Balaban J connectivity index is 1.73. The van der Waals surface area contributed by atoms with Crippen molar-refractivity contribution in [3.8, 4) is 0 Å². The van der Waals surface area contributed by atoms with Gasteiger partial charge in [0.2, 0.25) is 0 Å². The van der Waals surface area contributed by atoms with Crippen LogP contribution in [0.3, 0.4) is 0 Å². The monoisotopic (exact) mass is 254 g/mol. The molecule has 1 saturated heterocycles. The van der Waals surface area contributed by atoms with Gasteiger partial charge in [-0.3, -0.25) is 4.99 Å². The van der Waals surface area contributed by atoms with Crippen LogP contribution in [0.5, 0.6) is 0 Å². The lowest BCUT2D eigenvalue weighted by Gasteiger charge is -2.12. The van der Waals surface area contributed by atoms with Crippen molar-refractivity contribution in [1.82, 2.24) is 0 Å². The van der Waals surface area contributed by atoms with Crippen molar-refractivity contribution in [2.75, 3.05) is 18.0 Å². The molecule has 3 heteroatoms. The molecule has 98 valence electrons. The van der Waals surface area contributed by atoms with Crippen LogP contribution in [0.4, 0.5) is 11.6 Å². The third kappa shape index (κ3) is 2.87. The number of hydrogen-bond donors (Lipinski definition) is 0. The molecule has 0 atom stereocenters. The van der Waals surface area contributed by atoms with Crippen LogP contribution in [0.2, 0.25) is 0 Å². The third-order valence-electron chi connectivity index (χ3n) is 3.37. The highest BCUT2D eigenvalue weighted by molar-refractivity contribution is 5.79. The summed E-state index contributed by atoms with van der Waals surface area (Å²) in [5.41, 5.74) is 2.17. The van der Waals surface area contributed by atoms with Crippen LogP contribution >= 0.6 is 0 Å². The van der Waals surface area contributed by atoms with Gasteiger partial charge in [0.05, 0.1) is 11.9 Å². The van der Waals surface area contributed by atoms with Gasteiger partial charge in [-0.25, -0.2) is 0 Å². The fourth-order valence-electron chi connectivity index (χ4n) is 2.37. The van der Waals surface area contributed by atoms with Gasteiger partial charge in [0.15, 0.2) is 5.88 Å². The van der Waals surface area contributed by atoms with Crippen LogP contribution in [-0.2, 0) is 0 Å². The first-order valence-corrected chi connectivity index (χ1v) is 6.77. The van der Waals surface area contributed by atoms with E-state index in [4.69, 9.17) is 4.42 Å². The van der Waals surface area contributed by atoms with Crippen LogP contribution < -0.4 is 4.90 Å². The Labute approximate surface area is 113 Å². The highest BCUT2D eigenvalue weighted by Crippen LogP contribution is 2.22. The summed E-state index contributed by atoms with van der Waals surface area (Å²) in [5, 5.41) is 0. The van der Waals surface area contributed by atoms with Crippen LogP contribution in [0.1, 0.15) is 24.2 Å². The minimum Gasteiger partial charge on any atom is -0.440 e. The second-order valence-electron chi connectivity index (χ2n) is 4.97. The fourth-order valence-corrected chi connectivity index (χ4v) is 2.37. The number of hydrogen-bond acceptors (Lipinski definition) is 3. The summed E-state index contributed by atoms with van der Waals surface area (Å²) in [5.74, 6) is 1.77. The Bertz CT molecular complexity index is 580. The van der Waals surface area contributed by atoms with Crippen molar-refractivity contribution >= 4 is 17.8 Å². The summed E-state index contributed by atoms with van der Waals surface area (Å²) in [7, 11) is 0. The standard InChI is InChI=1S/C16H18N2O/c1-13-5-4-6-14(11-13)17-12-15-7-8-16(19-15)18-9-2-3-10-18/h4-8,11-12H,2-3,9-10H2,1H3. The van der Waals surface area contributed by atoms with Gasteiger partial charge in [0.1, 0.15) is 5.76 Å². The van der Waals surface area contributed by atoms with Gasteiger partial charge in [-0.15, -0.1) is 0 Å². The van der Waals surface area contributed by atoms with E-state index in [2.05, 4.69) is 28.9 Å². The minimum absolute atomic E-state index is 0.809. The number of rotatable bonds is 3. The molecule has 2 heterocycles. The Morgan fingerprint density at radius 1 is 1.16 bits per heavy atom. The first-order chi connectivity index (χ1) is 9.31. The van der Waals surface area contributed by atoms with Crippen molar-refractivity contribution in [1.29, 1.82) is 0 Å². The third-order valence-corrected chi connectivity index (χ3v) is 3.37. The number of nitrogens with zero attached hydrogens (tertiary/aromatic N) is 2. The summed E-state index contributed by atoms with van der Waals surface area (Å²) >= 11 is 0. The molecule has 0 unspecified atom stereocenters. The molecule has 19 heavy (non-hydrogen) atoms. The van der Waals surface area contributed by atoms with E-state index in [1.54, 1.807) is 6.21 Å². The lowest BCUT2D eigenvalue weighted by atomic mass is 10.2. The van der Waals surface area contributed by atoms with Crippen LogP contribution in [0.25, 0.3) is 0 Å². The molecule has 0 bridgehead atoms. The van der Waals surface area contributed by atoms with E-state index < -0.39 is 0 Å². The number of furan rings is 1. The molecular formula is C16H18N2O. The second kappa shape index (κ2) is 5.31. The molecule has 3 rings (SSSR count). The van der Waals surface area contributed by atoms with Gasteiger partial charge in [-0.2, -0.15) is 0 Å². The zero-order valence-electron chi connectivity index (χ0n) is 11.2. The SMILES string of the molecule is Cc1cccc(N=Cc2ccc(N3CCCC3)o2)c1. The Morgan fingerprint density at radius 3 is 2.79 bits per heavy atom. The molecule has 3 nitrogen and oxygen atoms in total. The number of benzene rings is 1. The van der Waals surface area contributed by atoms with Crippen LogP contribution in [-0.4, -0.2) is 19.3 Å². The van der Waals surface area contributed by atoms with E-state index in [0.717, 1.165) is 30.4 Å². The smallest absolute Gasteiger partial charge is 0.196 e. The molecule has 0 N–H and O–H groups in total. The average molecular weight is 254 g/mol. The predicted molar refractivity (Wildman–Crippen MR) is 78.6 cm³/mol. The highest BCUT2D eigenvalue weighted by Gasteiger charge is 2.14. The average Bonchev–Trinajstić information content (AvgIpc) is 3.07. The highest BCUT2D eigenvalue weighted by atomic mass is 16.4. The van der Waals surface area contributed by atoms with E-state index in [1.165, 1.54) is 18.4 Å². The molecule has 1 aliphatic rings. The maximum Gasteiger partial charge on any atom is 0.196 e. The Kier molecular flexibility index (Phi) is 3.36. The molecule has 0 spiro atoms. The quantitative estimate of drug-likeness (QED) is 0.776. The molecule has 1 aliphatic heterocycles.